The lowest BCUT2D eigenvalue weighted by atomic mass is 9.83. The first-order chi connectivity index (χ1) is 8.66. The Labute approximate surface area is 109 Å². The number of esters is 1. The van der Waals surface area contributed by atoms with E-state index in [4.69, 9.17) is 4.74 Å². The normalized spacial score (nSPS) is 23.4. The highest BCUT2D eigenvalue weighted by molar-refractivity contribution is 5.89. The number of ether oxygens (including phenoxy) is 1. The van der Waals surface area contributed by atoms with Crippen LogP contribution in [0.5, 0.6) is 0 Å². The number of carbonyl (C=O) groups excluding carboxylic acids is 1. The van der Waals surface area contributed by atoms with Gasteiger partial charge in [-0.15, -0.1) is 0 Å². The summed E-state index contributed by atoms with van der Waals surface area (Å²) in [6.07, 6.45) is 4.24. The Morgan fingerprint density at radius 1 is 1.28 bits per heavy atom. The molecule has 0 aliphatic heterocycles. The average molecular weight is 244 g/mol. The molecule has 2 rings (SSSR count). The number of hydrogen-bond acceptors (Lipinski definition) is 2. The van der Waals surface area contributed by atoms with Gasteiger partial charge >= 0.3 is 5.97 Å². The molecule has 0 spiro atoms. The Balaban J connectivity index is 1.93. The molecule has 2 nitrogen and oxygen atoms in total. The highest BCUT2D eigenvalue weighted by Crippen LogP contribution is 2.30. The van der Waals surface area contributed by atoms with Crippen molar-refractivity contribution in [3.8, 4) is 0 Å². The summed E-state index contributed by atoms with van der Waals surface area (Å²) in [5, 5.41) is 0. The average Bonchev–Trinajstić information content (AvgIpc) is 2.40. The fourth-order valence-electron chi connectivity index (χ4n) is 2.49. The molecular formula is C16H20O2. The second-order valence-electron chi connectivity index (χ2n) is 5.10. The van der Waals surface area contributed by atoms with Crippen LogP contribution in [0.2, 0.25) is 0 Å². The Bertz CT molecular complexity index is 422. The van der Waals surface area contributed by atoms with Gasteiger partial charge in [0.15, 0.2) is 0 Å². The van der Waals surface area contributed by atoms with Gasteiger partial charge in [-0.3, -0.25) is 0 Å². The fourth-order valence-corrected chi connectivity index (χ4v) is 2.49. The van der Waals surface area contributed by atoms with Gasteiger partial charge in [0.2, 0.25) is 0 Å². The lowest BCUT2D eigenvalue weighted by Crippen LogP contribution is -2.26. The van der Waals surface area contributed by atoms with Crippen LogP contribution in [-0.4, -0.2) is 12.1 Å². The predicted molar refractivity (Wildman–Crippen MR) is 72.4 cm³/mol. The summed E-state index contributed by atoms with van der Waals surface area (Å²) in [7, 11) is 0. The van der Waals surface area contributed by atoms with Gasteiger partial charge in [-0.2, -0.15) is 0 Å². The quantitative estimate of drug-likeness (QED) is 0.594. The third-order valence-electron chi connectivity index (χ3n) is 3.61. The lowest BCUT2D eigenvalue weighted by molar-refractivity contribution is 0.0165. The Kier molecular flexibility index (Phi) is 4.19. The first-order valence-electron chi connectivity index (χ1n) is 6.58. The minimum Gasteiger partial charge on any atom is -0.459 e. The molecule has 0 N–H and O–H groups in total. The maximum Gasteiger partial charge on any atom is 0.338 e. The van der Waals surface area contributed by atoms with Crippen LogP contribution in [-0.2, 0) is 4.74 Å². The molecule has 2 atom stereocenters. The summed E-state index contributed by atoms with van der Waals surface area (Å²) in [6, 6.07) is 9.19. The minimum absolute atomic E-state index is 0.0492. The number of hydrogen-bond donors (Lipinski definition) is 0. The molecule has 2 unspecified atom stereocenters. The van der Waals surface area contributed by atoms with Crippen LogP contribution in [0.15, 0.2) is 42.5 Å². The van der Waals surface area contributed by atoms with E-state index < -0.39 is 0 Å². The highest BCUT2D eigenvalue weighted by Gasteiger charge is 2.25. The second-order valence-corrected chi connectivity index (χ2v) is 5.10. The first kappa shape index (κ1) is 12.9. The largest absolute Gasteiger partial charge is 0.459 e. The van der Waals surface area contributed by atoms with Crippen molar-refractivity contribution in [2.75, 3.05) is 0 Å². The van der Waals surface area contributed by atoms with Crippen LogP contribution < -0.4 is 0 Å². The molecule has 0 heterocycles. The predicted octanol–water partition coefficient (Wildman–Crippen LogP) is 3.98. The highest BCUT2D eigenvalue weighted by atomic mass is 16.5. The Hall–Kier alpha value is -1.57. The van der Waals surface area contributed by atoms with E-state index in [2.05, 4.69) is 13.5 Å². The van der Waals surface area contributed by atoms with Gasteiger partial charge < -0.3 is 4.74 Å². The molecule has 1 aromatic carbocycles. The third kappa shape index (κ3) is 3.22. The minimum atomic E-state index is -0.206. The van der Waals surface area contributed by atoms with Gasteiger partial charge in [-0.05, 0) is 50.7 Å². The van der Waals surface area contributed by atoms with Crippen LogP contribution in [0.25, 0.3) is 0 Å². The second kappa shape index (κ2) is 5.85. The Morgan fingerprint density at radius 3 is 2.67 bits per heavy atom. The van der Waals surface area contributed by atoms with Crippen LogP contribution in [0.1, 0.15) is 43.0 Å². The molecule has 1 aliphatic rings. The zero-order valence-electron chi connectivity index (χ0n) is 10.9. The molecule has 1 aliphatic carbocycles. The zero-order valence-corrected chi connectivity index (χ0v) is 10.9. The maximum absolute atomic E-state index is 11.9. The van der Waals surface area contributed by atoms with E-state index >= 15 is 0 Å². The summed E-state index contributed by atoms with van der Waals surface area (Å²) in [5.74, 6) is 0.301. The third-order valence-corrected chi connectivity index (χ3v) is 3.61. The monoisotopic (exact) mass is 244 g/mol. The van der Waals surface area contributed by atoms with Gasteiger partial charge in [0.05, 0.1) is 5.56 Å². The fraction of sp³-hybridized carbons (Fsp3) is 0.438. The van der Waals surface area contributed by atoms with E-state index in [1.54, 1.807) is 12.1 Å². The van der Waals surface area contributed by atoms with Gasteiger partial charge in [0.25, 0.3) is 0 Å². The molecule has 1 fully saturated rings. The molecule has 1 aromatic rings. The maximum atomic E-state index is 11.9. The molecule has 0 amide bonds. The molecule has 0 saturated heterocycles. The number of rotatable bonds is 3. The van der Waals surface area contributed by atoms with Crippen molar-refractivity contribution in [3.63, 3.8) is 0 Å². The van der Waals surface area contributed by atoms with Crippen molar-refractivity contribution in [3.05, 3.63) is 48.0 Å². The van der Waals surface area contributed by atoms with E-state index in [1.807, 2.05) is 18.2 Å². The summed E-state index contributed by atoms with van der Waals surface area (Å²) in [6.45, 7) is 6.07. The molecular weight excluding hydrogens is 224 g/mol. The van der Waals surface area contributed by atoms with Crippen LogP contribution in [0.3, 0.4) is 0 Å². The van der Waals surface area contributed by atoms with Gasteiger partial charge in [-0.25, -0.2) is 4.79 Å². The van der Waals surface area contributed by atoms with Crippen LogP contribution >= 0.6 is 0 Å². The smallest absolute Gasteiger partial charge is 0.338 e. The standard InChI is InChI=1S/C16H20O2/c1-12(2)14-9-6-10-15(11-14)18-16(17)13-7-4-3-5-8-13/h3-5,7-8,14-15H,1,6,9-11H2,2H3. The van der Waals surface area contributed by atoms with Gasteiger partial charge in [0, 0.05) is 0 Å². The first-order valence-corrected chi connectivity index (χ1v) is 6.58. The van der Waals surface area contributed by atoms with E-state index in [0.717, 1.165) is 19.3 Å². The molecule has 1 saturated carbocycles. The molecule has 0 bridgehead atoms. The zero-order chi connectivity index (χ0) is 13.0. The SMILES string of the molecule is C=C(C)C1CCCC(OC(=O)c2ccccc2)C1. The summed E-state index contributed by atoms with van der Waals surface area (Å²) in [4.78, 5) is 11.9. The van der Waals surface area contributed by atoms with Crippen molar-refractivity contribution in [1.29, 1.82) is 0 Å². The number of benzene rings is 1. The van der Waals surface area contributed by atoms with Gasteiger partial charge in [-0.1, -0.05) is 30.4 Å². The van der Waals surface area contributed by atoms with Crippen molar-refractivity contribution in [2.45, 2.75) is 38.7 Å². The van der Waals surface area contributed by atoms with Crippen LogP contribution in [0, 0.1) is 5.92 Å². The molecule has 0 aromatic heterocycles. The van der Waals surface area contributed by atoms with E-state index in [9.17, 15) is 4.79 Å². The lowest BCUT2D eigenvalue weighted by Gasteiger charge is -2.29. The van der Waals surface area contributed by atoms with Gasteiger partial charge in [0.1, 0.15) is 6.10 Å². The summed E-state index contributed by atoms with van der Waals surface area (Å²) < 4.78 is 5.58. The summed E-state index contributed by atoms with van der Waals surface area (Å²) in [5.41, 5.74) is 1.84. The van der Waals surface area contributed by atoms with E-state index in [1.165, 1.54) is 12.0 Å². The topological polar surface area (TPSA) is 26.3 Å². The van der Waals surface area contributed by atoms with Crippen molar-refractivity contribution in [1.82, 2.24) is 0 Å². The summed E-state index contributed by atoms with van der Waals surface area (Å²) >= 11 is 0. The Morgan fingerprint density at radius 2 is 2.00 bits per heavy atom. The molecule has 2 heteroatoms. The van der Waals surface area contributed by atoms with Crippen molar-refractivity contribution >= 4 is 5.97 Å². The number of allylic oxidation sites excluding steroid dienone is 1. The van der Waals surface area contributed by atoms with E-state index in [-0.39, 0.29) is 12.1 Å². The van der Waals surface area contributed by atoms with Crippen LogP contribution in [0.4, 0.5) is 0 Å². The molecule has 18 heavy (non-hydrogen) atoms. The molecule has 0 radical (unpaired) electrons. The molecule has 96 valence electrons. The number of carbonyl (C=O) groups is 1. The van der Waals surface area contributed by atoms with Crippen molar-refractivity contribution < 1.29 is 9.53 Å². The van der Waals surface area contributed by atoms with Crippen molar-refractivity contribution in [2.24, 2.45) is 5.92 Å². The van der Waals surface area contributed by atoms with E-state index in [0.29, 0.717) is 11.5 Å².